The van der Waals surface area contributed by atoms with Crippen molar-refractivity contribution in [3.05, 3.63) is 90.9 Å². The van der Waals surface area contributed by atoms with Gasteiger partial charge < -0.3 is 9.14 Å². The van der Waals surface area contributed by atoms with Gasteiger partial charge in [0.1, 0.15) is 16.3 Å². The fourth-order valence-corrected chi connectivity index (χ4v) is 4.79. The number of hydrogen-bond donors (Lipinski definition) is 0. The first-order valence-corrected chi connectivity index (χ1v) is 10.8. The molecule has 0 unspecified atom stereocenters. The average molecular weight is 407 g/mol. The summed E-state index contributed by atoms with van der Waals surface area (Å²) in [6, 6.07) is 21.5. The molecule has 7 heteroatoms. The third kappa shape index (κ3) is 3.69. The molecule has 4 aromatic rings. The van der Waals surface area contributed by atoms with Gasteiger partial charge in [-0.1, -0.05) is 36.4 Å². The molecule has 0 aliphatic heterocycles. The van der Waals surface area contributed by atoms with Crippen LogP contribution in [-0.4, -0.2) is 24.4 Å². The van der Waals surface area contributed by atoms with E-state index in [1.54, 1.807) is 42.6 Å². The number of hydrogen-bond acceptors (Lipinski definition) is 4. The van der Waals surface area contributed by atoms with Crippen molar-refractivity contribution in [3.63, 3.8) is 0 Å². The number of pyridine rings is 1. The number of aromatic nitrogens is 2. The van der Waals surface area contributed by atoms with Gasteiger partial charge in [-0.05, 0) is 43.3 Å². The van der Waals surface area contributed by atoms with Gasteiger partial charge in [-0.3, -0.25) is 4.31 Å². The van der Waals surface area contributed by atoms with Gasteiger partial charge in [-0.2, -0.15) is 0 Å². The fourth-order valence-electron chi connectivity index (χ4n) is 3.22. The molecule has 0 bridgehead atoms. The smallest absolute Gasteiger partial charge is 0.268 e. The van der Waals surface area contributed by atoms with Crippen LogP contribution in [0.1, 0.15) is 12.6 Å². The van der Waals surface area contributed by atoms with Crippen LogP contribution in [0, 0.1) is 0 Å². The van der Waals surface area contributed by atoms with Gasteiger partial charge in [0.05, 0.1) is 30.7 Å². The standard InChI is InChI=1S/C22H21N3O3S/c1-2-28-20-12-6-7-13-21(20)29(26,27)25(18-10-4-3-5-11-18)17-19-16-23-22-14-8-9-15-24(19)22/h3-16H,2,17H2,1H3. The van der Waals surface area contributed by atoms with Crippen molar-refractivity contribution < 1.29 is 13.2 Å². The number of ether oxygens (including phenoxy) is 1. The molecule has 0 aliphatic rings. The summed E-state index contributed by atoms with van der Waals surface area (Å²) in [5.41, 5.74) is 2.11. The lowest BCUT2D eigenvalue weighted by atomic mass is 10.3. The van der Waals surface area contributed by atoms with Crippen LogP contribution in [0.5, 0.6) is 5.75 Å². The largest absolute Gasteiger partial charge is 0.492 e. The van der Waals surface area contributed by atoms with E-state index in [4.69, 9.17) is 4.74 Å². The van der Waals surface area contributed by atoms with E-state index in [-0.39, 0.29) is 11.4 Å². The topological polar surface area (TPSA) is 63.9 Å². The van der Waals surface area contributed by atoms with Gasteiger partial charge in [-0.15, -0.1) is 0 Å². The van der Waals surface area contributed by atoms with Gasteiger partial charge >= 0.3 is 0 Å². The highest BCUT2D eigenvalue weighted by Gasteiger charge is 2.29. The highest BCUT2D eigenvalue weighted by atomic mass is 32.2. The molecule has 0 aliphatic carbocycles. The Morgan fingerprint density at radius 3 is 2.48 bits per heavy atom. The number of benzene rings is 2. The summed E-state index contributed by atoms with van der Waals surface area (Å²) in [6.07, 6.45) is 3.58. The van der Waals surface area contributed by atoms with E-state index in [2.05, 4.69) is 4.98 Å². The molecule has 0 amide bonds. The molecule has 0 atom stereocenters. The zero-order chi connectivity index (χ0) is 20.3. The van der Waals surface area contributed by atoms with Crippen LogP contribution >= 0.6 is 0 Å². The highest BCUT2D eigenvalue weighted by molar-refractivity contribution is 7.92. The van der Waals surface area contributed by atoms with Crippen LogP contribution in [0.4, 0.5) is 5.69 Å². The Hall–Kier alpha value is -3.32. The highest BCUT2D eigenvalue weighted by Crippen LogP contribution is 2.31. The van der Waals surface area contributed by atoms with Crippen molar-refractivity contribution in [1.82, 2.24) is 9.38 Å². The van der Waals surface area contributed by atoms with E-state index in [1.807, 2.05) is 53.9 Å². The number of nitrogens with zero attached hydrogens (tertiary/aromatic N) is 3. The zero-order valence-corrected chi connectivity index (χ0v) is 16.8. The lowest BCUT2D eigenvalue weighted by Gasteiger charge is -2.25. The predicted molar refractivity (Wildman–Crippen MR) is 113 cm³/mol. The SMILES string of the molecule is CCOc1ccccc1S(=O)(=O)N(Cc1cnc2ccccn12)c1ccccc1. The zero-order valence-electron chi connectivity index (χ0n) is 16.0. The van der Waals surface area contributed by atoms with Crippen LogP contribution in [0.25, 0.3) is 5.65 Å². The van der Waals surface area contributed by atoms with Gasteiger partial charge in [0.25, 0.3) is 10.0 Å². The maximum absolute atomic E-state index is 13.7. The summed E-state index contributed by atoms with van der Waals surface area (Å²) in [5.74, 6) is 0.342. The minimum atomic E-state index is -3.88. The Balaban J connectivity index is 1.83. The summed E-state index contributed by atoms with van der Waals surface area (Å²) in [5, 5.41) is 0. The Kier molecular flexibility index (Phi) is 5.22. The van der Waals surface area contributed by atoms with E-state index in [0.717, 1.165) is 11.3 Å². The molecule has 0 N–H and O–H groups in total. The molecular formula is C22H21N3O3S. The van der Waals surface area contributed by atoms with Crippen molar-refractivity contribution in [2.75, 3.05) is 10.9 Å². The average Bonchev–Trinajstić information content (AvgIpc) is 3.16. The number of rotatable bonds is 7. The summed E-state index contributed by atoms with van der Waals surface area (Å²) in [6.45, 7) is 2.35. The van der Waals surface area contributed by atoms with Crippen LogP contribution in [0.3, 0.4) is 0 Å². The van der Waals surface area contributed by atoms with E-state index < -0.39 is 10.0 Å². The molecule has 0 fully saturated rings. The Bertz CT molecular complexity index is 1220. The molecule has 2 aromatic heterocycles. The summed E-state index contributed by atoms with van der Waals surface area (Å²) >= 11 is 0. The quantitative estimate of drug-likeness (QED) is 0.462. The van der Waals surface area contributed by atoms with Crippen molar-refractivity contribution in [3.8, 4) is 5.75 Å². The molecule has 2 aromatic carbocycles. The molecule has 0 saturated carbocycles. The fraction of sp³-hybridized carbons (Fsp3) is 0.136. The second-order valence-corrected chi connectivity index (χ2v) is 8.24. The molecule has 0 saturated heterocycles. The number of fused-ring (bicyclic) bond motifs is 1. The third-order valence-electron chi connectivity index (χ3n) is 4.56. The maximum Gasteiger partial charge on any atom is 0.268 e. The molecule has 0 spiro atoms. The molecule has 29 heavy (non-hydrogen) atoms. The van der Waals surface area contributed by atoms with Crippen molar-refractivity contribution in [2.24, 2.45) is 0 Å². The minimum Gasteiger partial charge on any atom is -0.492 e. The van der Waals surface area contributed by atoms with Crippen molar-refractivity contribution in [2.45, 2.75) is 18.4 Å². The molecule has 4 rings (SSSR count). The number of sulfonamides is 1. The van der Waals surface area contributed by atoms with Gasteiger partial charge in [-0.25, -0.2) is 13.4 Å². The summed E-state index contributed by atoms with van der Waals surface area (Å²) in [7, 11) is -3.88. The third-order valence-corrected chi connectivity index (χ3v) is 6.37. The monoisotopic (exact) mass is 407 g/mol. The van der Waals surface area contributed by atoms with E-state index in [1.165, 1.54) is 4.31 Å². The first-order valence-electron chi connectivity index (χ1n) is 9.32. The molecular weight excluding hydrogens is 386 g/mol. The molecule has 0 radical (unpaired) electrons. The van der Waals surface area contributed by atoms with Crippen LogP contribution < -0.4 is 9.04 Å². The number of para-hydroxylation sites is 2. The van der Waals surface area contributed by atoms with Crippen LogP contribution in [0.15, 0.2) is 90.1 Å². The molecule has 148 valence electrons. The van der Waals surface area contributed by atoms with Gasteiger partial charge in [0.2, 0.25) is 0 Å². The normalized spacial score (nSPS) is 11.5. The first-order chi connectivity index (χ1) is 14.1. The van der Waals surface area contributed by atoms with Crippen LogP contribution in [-0.2, 0) is 16.6 Å². The van der Waals surface area contributed by atoms with E-state index in [0.29, 0.717) is 18.0 Å². The second-order valence-electron chi connectivity index (χ2n) is 6.41. The molecule has 2 heterocycles. The Labute approximate surface area is 170 Å². The number of imidazole rings is 1. The lowest BCUT2D eigenvalue weighted by Crippen LogP contribution is -2.31. The van der Waals surface area contributed by atoms with Crippen molar-refractivity contribution in [1.29, 1.82) is 0 Å². The first kappa shape index (κ1) is 19.0. The number of anilines is 1. The van der Waals surface area contributed by atoms with E-state index >= 15 is 0 Å². The molecule has 6 nitrogen and oxygen atoms in total. The predicted octanol–water partition coefficient (Wildman–Crippen LogP) is 4.13. The van der Waals surface area contributed by atoms with Crippen LogP contribution in [0.2, 0.25) is 0 Å². The van der Waals surface area contributed by atoms with Crippen molar-refractivity contribution >= 4 is 21.4 Å². The van der Waals surface area contributed by atoms with Gasteiger partial charge in [0, 0.05) is 6.20 Å². The van der Waals surface area contributed by atoms with Gasteiger partial charge in [0.15, 0.2) is 0 Å². The Morgan fingerprint density at radius 1 is 0.966 bits per heavy atom. The minimum absolute atomic E-state index is 0.137. The summed E-state index contributed by atoms with van der Waals surface area (Å²) in [4.78, 5) is 4.52. The van der Waals surface area contributed by atoms with E-state index in [9.17, 15) is 8.42 Å². The Morgan fingerprint density at radius 2 is 1.69 bits per heavy atom. The summed E-state index contributed by atoms with van der Waals surface area (Å²) < 4.78 is 36.3. The lowest BCUT2D eigenvalue weighted by molar-refractivity contribution is 0.331. The second kappa shape index (κ2) is 7.97. The maximum atomic E-state index is 13.7.